The zero-order valence-corrected chi connectivity index (χ0v) is 26.9. The van der Waals surface area contributed by atoms with Crippen molar-refractivity contribution in [3.05, 3.63) is 169 Å². The lowest BCUT2D eigenvalue weighted by molar-refractivity contribution is 0.489. The third-order valence-corrected chi connectivity index (χ3v) is 10.6. The van der Waals surface area contributed by atoms with E-state index in [4.69, 9.17) is 4.74 Å². The zero-order valence-electron chi connectivity index (χ0n) is 26.9. The highest BCUT2D eigenvalue weighted by Gasteiger charge is 2.36. The lowest BCUT2D eigenvalue weighted by Crippen LogP contribution is -2.15. The molecule has 1 nitrogen and oxygen atoms in total. The maximum absolute atomic E-state index is 6.83. The number of hydrogen-bond donors (Lipinski definition) is 0. The molecule has 226 valence electrons. The van der Waals surface area contributed by atoms with E-state index in [2.05, 4.69) is 172 Å². The molecular weight excluding hydrogens is 581 g/mol. The first-order valence-electron chi connectivity index (χ1n) is 16.8. The summed E-state index contributed by atoms with van der Waals surface area (Å²) in [4.78, 5) is 0. The van der Waals surface area contributed by atoms with Gasteiger partial charge < -0.3 is 4.74 Å². The normalized spacial score (nSPS) is 13.5. The molecule has 48 heavy (non-hydrogen) atoms. The molecule has 1 heterocycles. The molecule has 0 spiro atoms. The van der Waals surface area contributed by atoms with Gasteiger partial charge in [0.05, 0.1) is 0 Å². The van der Waals surface area contributed by atoms with Gasteiger partial charge in [0.1, 0.15) is 11.5 Å². The molecular formula is C47H32O. The molecule has 10 rings (SSSR count). The van der Waals surface area contributed by atoms with Crippen molar-refractivity contribution in [3.63, 3.8) is 0 Å². The van der Waals surface area contributed by atoms with Crippen molar-refractivity contribution in [2.75, 3.05) is 0 Å². The van der Waals surface area contributed by atoms with Crippen molar-refractivity contribution in [1.82, 2.24) is 0 Å². The lowest BCUT2D eigenvalue weighted by Gasteiger charge is -2.24. The van der Waals surface area contributed by atoms with E-state index >= 15 is 0 Å². The molecule has 8 aromatic rings. The molecule has 0 saturated carbocycles. The van der Waals surface area contributed by atoms with Gasteiger partial charge in [-0.3, -0.25) is 0 Å². The van der Waals surface area contributed by atoms with E-state index in [0.29, 0.717) is 0 Å². The number of rotatable bonds is 3. The van der Waals surface area contributed by atoms with Gasteiger partial charge in [-0.15, -0.1) is 0 Å². The van der Waals surface area contributed by atoms with Crippen molar-refractivity contribution in [2.45, 2.75) is 19.3 Å². The van der Waals surface area contributed by atoms with E-state index in [0.717, 1.165) is 28.2 Å². The molecule has 0 saturated heterocycles. The first kappa shape index (κ1) is 27.2. The van der Waals surface area contributed by atoms with Gasteiger partial charge in [-0.2, -0.15) is 0 Å². The van der Waals surface area contributed by atoms with E-state index in [9.17, 15) is 0 Å². The van der Waals surface area contributed by atoms with Crippen LogP contribution in [0.25, 0.3) is 77.2 Å². The molecule has 0 unspecified atom stereocenters. The minimum Gasteiger partial charge on any atom is -0.455 e. The molecule has 1 heteroatoms. The highest BCUT2D eigenvalue weighted by molar-refractivity contribution is 6.08. The Hall–Kier alpha value is -5.92. The Morgan fingerprint density at radius 3 is 1.90 bits per heavy atom. The number of ether oxygens (including phenoxy) is 1. The second-order valence-corrected chi connectivity index (χ2v) is 13.7. The summed E-state index contributed by atoms with van der Waals surface area (Å²) in [6, 6.07) is 57.6. The van der Waals surface area contributed by atoms with Crippen LogP contribution in [0.3, 0.4) is 0 Å². The van der Waals surface area contributed by atoms with Gasteiger partial charge in [0.25, 0.3) is 0 Å². The van der Waals surface area contributed by atoms with Crippen LogP contribution >= 0.6 is 0 Å². The molecule has 0 fully saturated rings. The summed E-state index contributed by atoms with van der Waals surface area (Å²) in [5.74, 6) is 1.82. The van der Waals surface area contributed by atoms with Gasteiger partial charge in [0.2, 0.25) is 0 Å². The van der Waals surface area contributed by atoms with E-state index < -0.39 is 0 Å². The van der Waals surface area contributed by atoms with E-state index in [1.165, 1.54) is 71.6 Å². The van der Waals surface area contributed by atoms with Crippen LogP contribution in [0.2, 0.25) is 0 Å². The van der Waals surface area contributed by atoms with Crippen LogP contribution in [0.4, 0.5) is 0 Å². The predicted molar refractivity (Wildman–Crippen MR) is 201 cm³/mol. The number of hydrogen-bond acceptors (Lipinski definition) is 1. The summed E-state index contributed by atoms with van der Waals surface area (Å²) in [6.07, 6.45) is 0. The first-order valence-corrected chi connectivity index (χ1v) is 16.8. The van der Waals surface area contributed by atoms with Gasteiger partial charge >= 0.3 is 0 Å². The van der Waals surface area contributed by atoms with Crippen LogP contribution in [-0.4, -0.2) is 0 Å². The van der Waals surface area contributed by atoms with Gasteiger partial charge in [0, 0.05) is 21.9 Å². The molecule has 0 N–H and O–H groups in total. The summed E-state index contributed by atoms with van der Waals surface area (Å²) in [5, 5.41) is 4.95. The molecule has 0 radical (unpaired) electrons. The maximum Gasteiger partial charge on any atom is 0.143 e. The van der Waals surface area contributed by atoms with Gasteiger partial charge in [0.15, 0.2) is 0 Å². The second-order valence-electron chi connectivity index (χ2n) is 13.7. The summed E-state index contributed by atoms with van der Waals surface area (Å²) < 4.78 is 6.83. The van der Waals surface area contributed by atoms with Crippen LogP contribution in [0.15, 0.2) is 158 Å². The van der Waals surface area contributed by atoms with E-state index in [1.807, 2.05) is 0 Å². The smallest absolute Gasteiger partial charge is 0.143 e. The second kappa shape index (κ2) is 10.0. The molecule has 1 aliphatic carbocycles. The van der Waals surface area contributed by atoms with Crippen LogP contribution in [0, 0.1) is 0 Å². The molecule has 1 aliphatic heterocycles. The Bertz CT molecular complexity index is 2610. The largest absolute Gasteiger partial charge is 0.455 e. The fourth-order valence-electron chi connectivity index (χ4n) is 8.12. The quantitative estimate of drug-likeness (QED) is 0.193. The molecule has 0 amide bonds. The Kier molecular flexibility index (Phi) is 5.69. The highest BCUT2D eigenvalue weighted by Crippen LogP contribution is 2.53. The standard InChI is InChI=1S/C47H32O/c1-47(2)42-28-35(19-22-38(42)40-25-32-12-6-7-13-33(32)27-43(40)47)31-15-8-16-36(24-31)37-21-18-30-14-9-17-39-41-26-34(29-10-4-3-5-11-29)20-23-44(41)48-46(37)45(30)39/h3-28H,1-2H3. The molecule has 0 aromatic heterocycles. The Labute approximate surface area is 280 Å². The third kappa shape index (κ3) is 3.98. The molecule has 2 aliphatic rings. The van der Waals surface area contributed by atoms with Crippen molar-refractivity contribution >= 4 is 21.5 Å². The number of benzene rings is 8. The van der Waals surface area contributed by atoms with Crippen LogP contribution in [0.5, 0.6) is 11.5 Å². The lowest BCUT2D eigenvalue weighted by atomic mass is 9.81. The zero-order chi connectivity index (χ0) is 32.0. The van der Waals surface area contributed by atoms with Gasteiger partial charge in [-0.1, -0.05) is 129 Å². The SMILES string of the molecule is CC1(C)c2cc(-c3cccc(-c4ccc5cccc6c5c4Oc4ccc(-c5ccccc5)cc4-6)c3)ccc2-c2cc3ccccc3cc21. The Morgan fingerprint density at radius 2 is 1.02 bits per heavy atom. The van der Waals surface area contributed by atoms with Crippen molar-refractivity contribution in [2.24, 2.45) is 0 Å². The summed E-state index contributed by atoms with van der Waals surface area (Å²) in [7, 11) is 0. The van der Waals surface area contributed by atoms with Crippen LogP contribution in [0.1, 0.15) is 25.0 Å². The minimum atomic E-state index is -0.0805. The fraction of sp³-hybridized carbons (Fsp3) is 0.0638. The Balaban J connectivity index is 1.08. The third-order valence-electron chi connectivity index (χ3n) is 10.6. The molecule has 0 atom stereocenters. The fourth-order valence-corrected chi connectivity index (χ4v) is 8.12. The average molecular weight is 613 g/mol. The van der Waals surface area contributed by atoms with Crippen molar-refractivity contribution in [1.29, 1.82) is 0 Å². The van der Waals surface area contributed by atoms with Gasteiger partial charge in [-0.05, 0) is 114 Å². The van der Waals surface area contributed by atoms with E-state index in [-0.39, 0.29) is 5.41 Å². The Morgan fingerprint density at radius 1 is 0.375 bits per heavy atom. The van der Waals surface area contributed by atoms with Crippen LogP contribution in [-0.2, 0) is 5.41 Å². The summed E-state index contributed by atoms with van der Waals surface area (Å²) in [6.45, 7) is 4.73. The monoisotopic (exact) mass is 612 g/mol. The molecule has 0 bridgehead atoms. The predicted octanol–water partition coefficient (Wildman–Crippen LogP) is 13.1. The summed E-state index contributed by atoms with van der Waals surface area (Å²) >= 11 is 0. The number of fused-ring (bicyclic) bond motifs is 6. The topological polar surface area (TPSA) is 9.23 Å². The minimum absolute atomic E-state index is 0.0805. The van der Waals surface area contributed by atoms with Crippen LogP contribution < -0.4 is 4.74 Å². The summed E-state index contributed by atoms with van der Waals surface area (Å²) in [5.41, 5.74) is 14.8. The van der Waals surface area contributed by atoms with Gasteiger partial charge in [-0.25, -0.2) is 0 Å². The van der Waals surface area contributed by atoms with Crippen molar-refractivity contribution in [3.8, 4) is 67.1 Å². The maximum atomic E-state index is 6.83. The molecule has 8 aromatic carbocycles. The first-order chi connectivity index (χ1) is 23.5. The average Bonchev–Trinajstić information content (AvgIpc) is 3.35. The van der Waals surface area contributed by atoms with E-state index in [1.54, 1.807) is 0 Å². The van der Waals surface area contributed by atoms with Crippen molar-refractivity contribution < 1.29 is 4.74 Å². The highest BCUT2D eigenvalue weighted by atomic mass is 16.5.